The van der Waals surface area contributed by atoms with Gasteiger partial charge in [-0.1, -0.05) is 115 Å². The van der Waals surface area contributed by atoms with Crippen LogP contribution in [0.15, 0.2) is 145 Å². The molecule has 0 spiro atoms. The largest absolute Gasteiger partial charge is 0.449 e. The van der Waals surface area contributed by atoms with Gasteiger partial charge in [-0.05, 0) is 61.8 Å². The van der Waals surface area contributed by atoms with E-state index in [-0.39, 0.29) is 24.9 Å². The summed E-state index contributed by atoms with van der Waals surface area (Å²) in [5, 5.41) is 10.4. The Hall–Kier alpha value is -6.45. The summed E-state index contributed by atoms with van der Waals surface area (Å²) in [6.07, 6.45) is 3.88. The zero-order chi connectivity index (χ0) is 36.4. The maximum atomic E-state index is 14.6. The molecule has 54 heavy (non-hydrogen) atoms. The highest BCUT2D eigenvalue weighted by molar-refractivity contribution is 7.17. The number of rotatable bonds is 11. The van der Waals surface area contributed by atoms with Gasteiger partial charge in [-0.3, -0.25) is 4.79 Å². The number of hydrogen-bond acceptors (Lipinski definition) is 5. The molecule has 0 saturated heterocycles. The van der Waals surface area contributed by atoms with Crippen molar-refractivity contribution in [3.05, 3.63) is 173 Å². The van der Waals surface area contributed by atoms with Gasteiger partial charge in [0.1, 0.15) is 18.5 Å². The van der Waals surface area contributed by atoms with Crippen molar-refractivity contribution < 1.29 is 14.3 Å². The third-order valence-corrected chi connectivity index (χ3v) is 11.4. The Bertz CT molecular complexity index is 2560. The fraction of sp³-hybridized carbons (Fsp3) is 0.133. The van der Waals surface area contributed by atoms with Gasteiger partial charge in [0.15, 0.2) is 0 Å². The number of aromatic nitrogens is 3. The number of thiophene rings is 1. The zero-order valence-corrected chi connectivity index (χ0v) is 30.1. The summed E-state index contributed by atoms with van der Waals surface area (Å²) in [5.74, 6) is 0.184. The van der Waals surface area contributed by atoms with Gasteiger partial charge in [0.25, 0.3) is 0 Å². The molecule has 9 heteroatoms. The maximum Gasteiger partial charge on any atom is 0.407 e. The average molecular weight is 728 g/mol. The molecular formula is C45H37N5O3S. The van der Waals surface area contributed by atoms with E-state index in [2.05, 4.69) is 68.4 Å². The SMILES string of the molecule is O=C(N[C@H](Cc1csc2ccccc12)C(=O)N[C@H](Cc1c[nH]c2ccccc12)c1ncc(-c2ccccc2)[nH]1)OCC1c2ccccc2-c2ccccc21. The van der Waals surface area contributed by atoms with E-state index in [9.17, 15) is 9.59 Å². The van der Waals surface area contributed by atoms with E-state index in [0.29, 0.717) is 12.2 Å². The number of benzene rings is 5. The first kappa shape index (κ1) is 33.4. The van der Waals surface area contributed by atoms with Crippen LogP contribution in [0.2, 0.25) is 0 Å². The normalized spacial score (nSPS) is 13.3. The lowest BCUT2D eigenvalue weighted by atomic mass is 9.98. The van der Waals surface area contributed by atoms with Crippen molar-refractivity contribution in [2.75, 3.05) is 6.61 Å². The Morgan fingerprint density at radius 1 is 0.741 bits per heavy atom. The molecule has 1 aliphatic carbocycles. The number of alkyl carbamates (subject to hydrolysis) is 1. The molecule has 3 heterocycles. The molecule has 0 bridgehead atoms. The lowest BCUT2D eigenvalue weighted by Crippen LogP contribution is -2.49. The van der Waals surface area contributed by atoms with Crippen LogP contribution in [0.3, 0.4) is 0 Å². The van der Waals surface area contributed by atoms with Crippen LogP contribution < -0.4 is 10.6 Å². The van der Waals surface area contributed by atoms with E-state index in [1.54, 1.807) is 17.5 Å². The molecule has 266 valence electrons. The predicted octanol–water partition coefficient (Wildman–Crippen LogP) is 9.32. The Labute approximate surface area is 316 Å². The molecule has 4 N–H and O–H groups in total. The lowest BCUT2D eigenvalue weighted by Gasteiger charge is -2.23. The molecule has 8 nitrogen and oxygen atoms in total. The Balaban J connectivity index is 0.999. The molecule has 9 rings (SSSR count). The summed E-state index contributed by atoms with van der Waals surface area (Å²) in [7, 11) is 0. The number of aromatic amines is 2. The van der Waals surface area contributed by atoms with E-state index >= 15 is 0 Å². The first-order chi connectivity index (χ1) is 26.6. The molecule has 2 amide bonds. The predicted molar refractivity (Wildman–Crippen MR) is 214 cm³/mol. The number of ether oxygens (including phenoxy) is 1. The number of nitrogens with zero attached hydrogens (tertiary/aromatic N) is 1. The number of fused-ring (bicyclic) bond motifs is 5. The third-order valence-electron chi connectivity index (χ3n) is 10.4. The molecule has 1 aliphatic rings. The number of H-pyrrole nitrogens is 2. The van der Waals surface area contributed by atoms with E-state index in [1.807, 2.05) is 91.1 Å². The van der Waals surface area contributed by atoms with Crippen LogP contribution in [-0.4, -0.2) is 39.6 Å². The number of amides is 2. The van der Waals surface area contributed by atoms with Crippen LogP contribution in [-0.2, 0) is 22.4 Å². The van der Waals surface area contributed by atoms with Gasteiger partial charge in [-0.25, -0.2) is 9.78 Å². The highest BCUT2D eigenvalue weighted by Gasteiger charge is 2.31. The van der Waals surface area contributed by atoms with E-state index in [1.165, 1.54) is 0 Å². The van der Waals surface area contributed by atoms with Crippen molar-refractivity contribution in [1.29, 1.82) is 0 Å². The van der Waals surface area contributed by atoms with Crippen molar-refractivity contribution in [1.82, 2.24) is 25.6 Å². The average Bonchev–Trinajstić information content (AvgIpc) is 4.02. The third kappa shape index (κ3) is 6.54. The molecule has 0 saturated carbocycles. The van der Waals surface area contributed by atoms with Crippen LogP contribution in [0, 0.1) is 0 Å². The zero-order valence-electron chi connectivity index (χ0n) is 29.3. The van der Waals surface area contributed by atoms with Gasteiger partial charge in [0.05, 0.1) is 17.9 Å². The molecular weight excluding hydrogens is 691 g/mol. The van der Waals surface area contributed by atoms with Gasteiger partial charge < -0.3 is 25.3 Å². The molecule has 2 atom stereocenters. The number of nitrogens with one attached hydrogen (secondary N) is 4. The highest BCUT2D eigenvalue weighted by Crippen LogP contribution is 2.44. The van der Waals surface area contributed by atoms with Crippen molar-refractivity contribution in [3.8, 4) is 22.4 Å². The smallest absolute Gasteiger partial charge is 0.407 e. The van der Waals surface area contributed by atoms with Gasteiger partial charge in [-0.2, -0.15) is 0 Å². The van der Waals surface area contributed by atoms with Gasteiger partial charge in [0, 0.05) is 40.6 Å². The van der Waals surface area contributed by atoms with Crippen molar-refractivity contribution in [3.63, 3.8) is 0 Å². The number of imidazole rings is 1. The summed E-state index contributed by atoms with van der Waals surface area (Å²) in [4.78, 5) is 39.9. The molecule has 8 aromatic rings. The maximum absolute atomic E-state index is 14.6. The minimum Gasteiger partial charge on any atom is -0.449 e. The standard InChI is InChI=1S/C45H37N5O3S/c51-44(49-39(22-29-24-46-38-20-10-8-14-31(29)38)43-47-25-41(48-43)28-12-2-1-3-13-28)40(23-30-27-54-42-21-11-9-15-32(30)42)50-45(52)53-26-37-35-18-6-4-16-33(35)34-17-5-7-19-36(34)37/h1-21,24-25,27,37,39-40,46H,22-23,26H2,(H,47,48)(H,49,51)(H,50,52)/t39-,40-/m1/s1. The van der Waals surface area contributed by atoms with Crippen LogP contribution >= 0.6 is 11.3 Å². The molecule has 0 aliphatic heterocycles. The van der Waals surface area contributed by atoms with E-state index in [4.69, 9.17) is 9.72 Å². The second-order valence-corrected chi connectivity index (χ2v) is 14.6. The minimum atomic E-state index is -0.923. The van der Waals surface area contributed by atoms with Gasteiger partial charge >= 0.3 is 6.09 Å². The Kier molecular flexibility index (Phi) is 8.98. The fourth-order valence-corrected chi connectivity index (χ4v) is 8.66. The van der Waals surface area contributed by atoms with Crippen molar-refractivity contribution >= 4 is 44.3 Å². The van der Waals surface area contributed by atoms with Crippen molar-refractivity contribution in [2.24, 2.45) is 0 Å². The molecule has 0 fully saturated rings. The number of carbonyl (C=O) groups is 2. The summed E-state index contributed by atoms with van der Waals surface area (Å²) in [6, 6.07) is 41.2. The number of para-hydroxylation sites is 1. The fourth-order valence-electron chi connectivity index (χ4n) is 7.69. The quantitative estimate of drug-likeness (QED) is 0.106. The summed E-state index contributed by atoms with van der Waals surface area (Å²) in [6.45, 7) is 0.146. The topological polar surface area (TPSA) is 112 Å². The summed E-state index contributed by atoms with van der Waals surface area (Å²) in [5.41, 5.74) is 9.43. The molecule has 0 unspecified atom stereocenters. The number of carbonyl (C=O) groups excluding carboxylic acids is 2. The molecule has 0 radical (unpaired) electrons. The van der Waals surface area contributed by atoms with Crippen molar-refractivity contribution in [2.45, 2.75) is 30.8 Å². The highest BCUT2D eigenvalue weighted by atomic mass is 32.1. The second kappa shape index (κ2) is 14.5. The monoisotopic (exact) mass is 727 g/mol. The number of hydrogen-bond donors (Lipinski definition) is 4. The Morgan fingerprint density at radius 2 is 1.43 bits per heavy atom. The minimum absolute atomic E-state index is 0.102. The van der Waals surface area contributed by atoms with Gasteiger partial charge in [0.2, 0.25) is 5.91 Å². The second-order valence-electron chi connectivity index (χ2n) is 13.7. The first-order valence-corrected chi connectivity index (χ1v) is 19.0. The summed E-state index contributed by atoms with van der Waals surface area (Å²) >= 11 is 1.62. The van der Waals surface area contributed by atoms with E-state index < -0.39 is 18.2 Å². The first-order valence-electron chi connectivity index (χ1n) is 18.1. The Morgan fingerprint density at radius 3 is 2.22 bits per heavy atom. The van der Waals surface area contributed by atoms with Gasteiger partial charge in [-0.15, -0.1) is 11.3 Å². The van der Waals surface area contributed by atoms with Crippen LogP contribution in [0.1, 0.15) is 40.0 Å². The van der Waals surface area contributed by atoms with Crippen LogP contribution in [0.5, 0.6) is 0 Å². The lowest BCUT2D eigenvalue weighted by molar-refractivity contribution is -0.123. The summed E-state index contributed by atoms with van der Waals surface area (Å²) < 4.78 is 7.07. The van der Waals surface area contributed by atoms with Crippen LogP contribution in [0.25, 0.3) is 43.4 Å². The molecule has 3 aromatic heterocycles. The molecule has 5 aromatic carbocycles. The van der Waals surface area contributed by atoms with E-state index in [0.717, 1.165) is 65.6 Å². The van der Waals surface area contributed by atoms with Crippen LogP contribution in [0.4, 0.5) is 4.79 Å².